The Morgan fingerprint density at radius 1 is 1.24 bits per heavy atom. The zero-order valence-electron chi connectivity index (χ0n) is 13.6. The number of nitriles is 1. The highest BCUT2D eigenvalue weighted by molar-refractivity contribution is 5.90. The number of nitrogens with two attached hydrogens (primary N) is 1. The Morgan fingerprint density at radius 3 is 2.72 bits per heavy atom. The summed E-state index contributed by atoms with van der Waals surface area (Å²) >= 11 is 0. The summed E-state index contributed by atoms with van der Waals surface area (Å²) in [6, 6.07) is 7.69. The van der Waals surface area contributed by atoms with Crippen LogP contribution in [0.5, 0.6) is 11.5 Å². The first-order valence-corrected chi connectivity index (χ1v) is 8.24. The summed E-state index contributed by atoms with van der Waals surface area (Å²) in [6.07, 6.45) is 4.25. The molecule has 2 aliphatic rings. The number of rotatable bonds is 2. The molecular weight excluding hydrogens is 316 g/mol. The van der Waals surface area contributed by atoms with Gasteiger partial charge in [-0.3, -0.25) is 0 Å². The van der Waals surface area contributed by atoms with Gasteiger partial charge in [0.1, 0.15) is 11.9 Å². The molecule has 0 radical (unpaired) electrons. The molecule has 0 atom stereocenters. The standard InChI is InChI=1S/C19H16N4O2/c1-22-18-16(12-6-7-14-15(8-12)25-10-24-14)13(9-20)17(23-19(18)21)11-4-2-3-5-11/h6-8,11H,2-5,10H2,(H2,21,23). The highest BCUT2D eigenvalue weighted by atomic mass is 16.7. The van der Waals surface area contributed by atoms with Crippen molar-refractivity contribution in [3.63, 3.8) is 0 Å². The molecule has 1 aromatic carbocycles. The van der Waals surface area contributed by atoms with E-state index in [1.54, 1.807) is 12.1 Å². The Hall–Kier alpha value is -3.25. The monoisotopic (exact) mass is 332 g/mol. The number of fused-ring (bicyclic) bond motifs is 1. The molecule has 0 saturated heterocycles. The molecular formula is C19H16N4O2. The average molecular weight is 332 g/mol. The summed E-state index contributed by atoms with van der Waals surface area (Å²) in [6.45, 7) is 7.69. The smallest absolute Gasteiger partial charge is 0.236 e. The number of pyridine rings is 1. The fourth-order valence-corrected chi connectivity index (χ4v) is 3.67. The summed E-state index contributed by atoms with van der Waals surface area (Å²) in [5.74, 6) is 1.67. The quantitative estimate of drug-likeness (QED) is 0.835. The summed E-state index contributed by atoms with van der Waals surface area (Å²) in [4.78, 5) is 8.00. The lowest BCUT2D eigenvalue weighted by Crippen LogP contribution is -2.06. The molecule has 1 aliphatic heterocycles. The molecule has 2 aromatic rings. The van der Waals surface area contributed by atoms with Gasteiger partial charge in [-0.2, -0.15) is 5.26 Å². The van der Waals surface area contributed by atoms with Crippen molar-refractivity contribution >= 4 is 11.5 Å². The number of aromatic nitrogens is 1. The van der Waals surface area contributed by atoms with Gasteiger partial charge < -0.3 is 15.2 Å². The van der Waals surface area contributed by atoms with Crippen LogP contribution in [0.4, 0.5) is 11.5 Å². The molecule has 0 amide bonds. The second-order valence-corrected chi connectivity index (χ2v) is 6.25. The van der Waals surface area contributed by atoms with Gasteiger partial charge in [0.05, 0.1) is 17.8 Å². The number of ether oxygens (including phenoxy) is 2. The number of anilines is 1. The summed E-state index contributed by atoms with van der Waals surface area (Å²) in [7, 11) is 0. The zero-order chi connectivity index (χ0) is 17.4. The molecule has 1 aromatic heterocycles. The number of hydrogen-bond acceptors (Lipinski definition) is 5. The van der Waals surface area contributed by atoms with Crippen LogP contribution in [0, 0.1) is 17.9 Å². The Morgan fingerprint density at radius 2 is 2.00 bits per heavy atom. The molecule has 1 aliphatic carbocycles. The highest BCUT2D eigenvalue weighted by Gasteiger charge is 2.27. The molecule has 2 heterocycles. The van der Waals surface area contributed by atoms with Crippen LogP contribution < -0.4 is 15.2 Å². The van der Waals surface area contributed by atoms with Gasteiger partial charge in [-0.15, -0.1) is 0 Å². The second-order valence-electron chi connectivity index (χ2n) is 6.25. The van der Waals surface area contributed by atoms with Crippen LogP contribution in [0.3, 0.4) is 0 Å². The van der Waals surface area contributed by atoms with E-state index in [-0.39, 0.29) is 24.2 Å². The number of benzene rings is 1. The lowest BCUT2D eigenvalue weighted by Gasteiger charge is -2.17. The van der Waals surface area contributed by atoms with Gasteiger partial charge in [0.25, 0.3) is 0 Å². The van der Waals surface area contributed by atoms with Crippen molar-refractivity contribution in [3.8, 4) is 28.7 Å². The van der Waals surface area contributed by atoms with Crippen molar-refractivity contribution in [2.75, 3.05) is 12.5 Å². The minimum absolute atomic E-state index is 0.172. The molecule has 0 spiro atoms. The van der Waals surface area contributed by atoms with E-state index in [0.29, 0.717) is 22.6 Å². The van der Waals surface area contributed by atoms with Crippen molar-refractivity contribution in [3.05, 3.63) is 40.9 Å². The van der Waals surface area contributed by atoms with Gasteiger partial charge in [0, 0.05) is 11.5 Å². The number of nitrogens with zero attached hydrogens (tertiary/aromatic N) is 3. The Kier molecular flexibility index (Phi) is 3.66. The van der Waals surface area contributed by atoms with E-state index in [2.05, 4.69) is 15.9 Å². The van der Waals surface area contributed by atoms with E-state index in [4.69, 9.17) is 21.8 Å². The van der Waals surface area contributed by atoms with Gasteiger partial charge in [0.2, 0.25) is 12.5 Å². The summed E-state index contributed by atoms with van der Waals surface area (Å²) in [5, 5.41) is 9.84. The maximum absolute atomic E-state index is 9.84. The van der Waals surface area contributed by atoms with Crippen molar-refractivity contribution in [2.24, 2.45) is 0 Å². The van der Waals surface area contributed by atoms with Crippen LogP contribution in [0.25, 0.3) is 16.0 Å². The van der Waals surface area contributed by atoms with Crippen molar-refractivity contribution < 1.29 is 9.47 Å². The van der Waals surface area contributed by atoms with Gasteiger partial charge in [-0.25, -0.2) is 9.83 Å². The largest absolute Gasteiger partial charge is 0.454 e. The second kappa shape index (κ2) is 5.99. The van der Waals surface area contributed by atoms with Crippen LogP contribution >= 0.6 is 0 Å². The van der Waals surface area contributed by atoms with Gasteiger partial charge in [-0.1, -0.05) is 18.9 Å². The molecule has 2 N–H and O–H groups in total. The van der Waals surface area contributed by atoms with Crippen LogP contribution in [-0.2, 0) is 0 Å². The molecule has 25 heavy (non-hydrogen) atoms. The first-order chi connectivity index (χ1) is 12.2. The van der Waals surface area contributed by atoms with E-state index in [1.165, 1.54) is 0 Å². The molecule has 1 saturated carbocycles. The van der Waals surface area contributed by atoms with Gasteiger partial charge in [-0.05, 0) is 30.5 Å². The molecule has 124 valence electrons. The Balaban J connectivity index is 1.96. The van der Waals surface area contributed by atoms with Crippen LogP contribution in [0.2, 0.25) is 0 Å². The van der Waals surface area contributed by atoms with E-state index >= 15 is 0 Å². The first kappa shape index (κ1) is 15.3. The minimum Gasteiger partial charge on any atom is -0.454 e. The lowest BCUT2D eigenvalue weighted by molar-refractivity contribution is 0.174. The predicted molar refractivity (Wildman–Crippen MR) is 92.4 cm³/mol. The molecule has 0 unspecified atom stereocenters. The Bertz CT molecular complexity index is 934. The minimum atomic E-state index is 0.172. The van der Waals surface area contributed by atoms with Crippen molar-refractivity contribution in [1.82, 2.24) is 4.98 Å². The zero-order valence-corrected chi connectivity index (χ0v) is 13.6. The maximum atomic E-state index is 9.84. The van der Waals surface area contributed by atoms with Crippen LogP contribution in [0.1, 0.15) is 42.9 Å². The predicted octanol–water partition coefficient (Wildman–Crippen LogP) is 4.14. The van der Waals surface area contributed by atoms with E-state index in [9.17, 15) is 5.26 Å². The third kappa shape index (κ3) is 2.43. The maximum Gasteiger partial charge on any atom is 0.236 e. The van der Waals surface area contributed by atoms with Gasteiger partial charge in [0.15, 0.2) is 11.5 Å². The number of nitrogen functional groups attached to an aromatic ring is 1. The van der Waals surface area contributed by atoms with Gasteiger partial charge >= 0.3 is 0 Å². The van der Waals surface area contributed by atoms with Crippen molar-refractivity contribution in [1.29, 1.82) is 5.26 Å². The Labute approximate surface area is 145 Å². The topological polar surface area (TPSA) is 85.5 Å². The summed E-state index contributed by atoms with van der Waals surface area (Å²) in [5.41, 5.74) is 8.74. The third-order valence-electron chi connectivity index (χ3n) is 4.85. The van der Waals surface area contributed by atoms with E-state index in [1.807, 2.05) is 6.07 Å². The molecule has 6 heteroatoms. The fourth-order valence-electron chi connectivity index (χ4n) is 3.67. The van der Waals surface area contributed by atoms with Crippen LogP contribution in [-0.4, -0.2) is 11.8 Å². The SMILES string of the molecule is [C-]#[N+]c1c(N)nc(C2CCCC2)c(C#N)c1-c1ccc2c(c1)OCO2. The third-order valence-corrected chi connectivity index (χ3v) is 4.85. The van der Waals surface area contributed by atoms with Crippen LogP contribution in [0.15, 0.2) is 18.2 Å². The molecule has 1 fully saturated rings. The number of hydrogen-bond donors (Lipinski definition) is 1. The highest BCUT2D eigenvalue weighted by Crippen LogP contribution is 2.45. The molecule has 6 nitrogen and oxygen atoms in total. The normalized spacial score (nSPS) is 15.8. The average Bonchev–Trinajstić information content (AvgIpc) is 3.31. The lowest BCUT2D eigenvalue weighted by atomic mass is 9.91. The molecule has 0 bridgehead atoms. The molecule has 4 rings (SSSR count). The van der Waals surface area contributed by atoms with E-state index < -0.39 is 0 Å². The summed E-state index contributed by atoms with van der Waals surface area (Å²) < 4.78 is 10.8. The van der Waals surface area contributed by atoms with Crippen molar-refractivity contribution in [2.45, 2.75) is 31.6 Å². The van der Waals surface area contributed by atoms with E-state index in [0.717, 1.165) is 36.9 Å². The fraction of sp³-hybridized carbons (Fsp3) is 0.316. The first-order valence-electron chi connectivity index (χ1n) is 8.24.